The van der Waals surface area contributed by atoms with Gasteiger partial charge in [-0.3, -0.25) is 39.1 Å². The van der Waals surface area contributed by atoms with Gasteiger partial charge in [-0.1, -0.05) is 69.2 Å². The number of aromatic nitrogens is 2. The first-order chi connectivity index (χ1) is 29.7. The number of likely N-dealkylation sites (tertiary alicyclic amines) is 1. The van der Waals surface area contributed by atoms with Gasteiger partial charge in [-0.05, 0) is 74.4 Å². The molecule has 15 heteroatoms. The Morgan fingerprint density at radius 3 is 2.28 bits per heavy atom. The summed E-state index contributed by atoms with van der Waals surface area (Å²) < 4.78 is 0. The quantitative estimate of drug-likeness (QED) is 0.0747. The number of hydrogen-bond donors (Lipinski definition) is 5. The first-order valence-corrected chi connectivity index (χ1v) is 22.4. The number of aliphatic hydroxyl groups is 1. The second-order valence-corrected chi connectivity index (χ2v) is 17.0. The van der Waals surface area contributed by atoms with Crippen molar-refractivity contribution < 1.29 is 29.1 Å². The van der Waals surface area contributed by atoms with Crippen molar-refractivity contribution in [2.75, 3.05) is 56.4 Å². The monoisotopic (exact) mass is 835 g/mol. The van der Waals surface area contributed by atoms with Crippen molar-refractivity contribution in [1.82, 2.24) is 35.3 Å². The zero-order valence-corrected chi connectivity index (χ0v) is 35.2. The van der Waals surface area contributed by atoms with Crippen LogP contribution >= 0.6 is 0 Å². The van der Waals surface area contributed by atoms with Gasteiger partial charge < -0.3 is 26.0 Å². The summed E-state index contributed by atoms with van der Waals surface area (Å²) in [5.74, 6) is -1.63. The predicted octanol–water partition coefficient (Wildman–Crippen LogP) is 4.53. The van der Waals surface area contributed by atoms with Crippen LogP contribution in [-0.2, 0) is 22.6 Å². The molecule has 5 amide bonds. The molecule has 2 atom stereocenters. The largest absolute Gasteiger partial charge is 0.390 e. The Labute approximate surface area is 358 Å². The number of nitrogens with one attached hydrogen (secondary N) is 4. The van der Waals surface area contributed by atoms with E-state index in [-0.39, 0.29) is 31.2 Å². The zero-order chi connectivity index (χ0) is 42.6. The van der Waals surface area contributed by atoms with Crippen molar-refractivity contribution in [2.45, 2.75) is 115 Å². The second-order valence-electron chi connectivity index (χ2n) is 17.0. The highest BCUT2D eigenvalue weighted by atomic mass is 16.3. The summed E-state index contributed by atoms with van der Waals surface area (Å²) in [6.45, 7) is 6.35. The van der Waals surface area contributed by atoms with E-state index in [0.29, 0.717) is 35.2 Å². The summed E-state index contributed by atoms with van der Waals surface area (Å²) in [5, 5.41) is 22.6. The second kappa shape index (κ2) is 21.5. The number of unbranched alkanes of at least 4 members (excludes halogenated alkanes) is 8. The molecule has 0 saturated carbocycles. The first-order valence-electron chi connectivity index (χ1n) is 22.4. The number of piperidine rings is 2. The number of aliphatic hydroxyl groups excluding tert-OH is 1. The molecule has 0 bridgehead atoms. The van der Waals surface area contributed by atoms with E-state index in [4.69, 9.17) is 0 Å². The Hall–Kier alpha value is -5.25. The highest BCUT2D eigenvalue weighted by Crippen LogP contribution is 2.30. The SMILES string of the molecule is O=C1CCC(N2C(=O)c3ccc(NCCCCCCCCCCCN4CCC(Nc5cc(C(=O)NC[C@H](O)CN6CCc7ccccc7C6)ncn5)CC4)cc3C2=O)C(=O)N1. The standard InChI is InChI=1S/C46H61N9O6/c56-36(30-54-23-18-32-12-8-9-13-33(32)29-54)28-48-43(58)39-27-41(50-31-49-39)51-34-19-24-53(25-20-34)22-11-7-5-3-1-2-4-6-10-21-47-35-14-15-37-38(26-35)46(61)55(45(37)60)40-16-17-42(57)52-44(40)59/h8-9,12-15,26-27,31,34,36,40,47,56H,1-7,10-11,16-25,28-30H2,(H,48,58)(H,49,50,51)(H,52,57,59)/t36-,40?/m0/s1. The van der Waals surface area contributed by atoms with Crippen molar-refractivity contribution in [3.8, 4) is 0 Å². The maximum Gasteiger partial charge on any atom is 0.270 e. The lowest BCUT2D eigenvalue weighted by atomic mass is 10.00. The van der Waals surface area contributed by atoms with E-state index in [1.54, 1.807) is 24.3 Å². The summed E-state index contributed by atoms with van der Waals surface area (Å²) in [6, 6.07) is 14.6. The summed E-state index contributed by atoms with van der Waals surface area (Å²) in [4.78, 5) is 77.0. The molecule has 61 heavy (non-hydrogen) atoms. The van der Waals surface area contributed by atoms with Gasteiger partial charge in [0, 0.05) is 70.0 Å². The van der Waals surface area contributed by atoms with Crippen LogP contribution in [0.5, 0.6) is 0 Å². The first kappa shape index (κ1) is 43.8. The summed E-state index contributed by atoms with van der Waals surface area (Å²) >= 11 is 0. The molecule has 7 rings (SSSR count). The van der Waals surface area contributed by atoms with Crippen LogP contribution in [0.25, 0.3) is 0 Å². The van der Waals surface area contributed by atoms with Gasteiger partial charge in [0.2, 0.25) is 11.8 Å². The van der Waals surface area contributed by atoms with Crippen molar-refractivity contribution >= 4 is 41.0 Å². The Balaban J connectivity index is 0.685. The van der Waals surface area contributed by atoms with Crippen molar-refractivity contribution in [3.63, 3.8) is 0 Å². The number of imide groups is 2. The maximum atomic E-state index is 13.1. The molecule has 1 unspecified atom stereocenters. The lowest BCUT2D eigenvalue weighted by Gasteiger charge is -2.32. The number of benzene rings is 2. The molecule has 0 spiro atoms. The van der Waals surface area contributed by atoms with Crippen LogP contribution < -0.4 is 21.3 Å². The minimum Gasteiger partial charge on any atom is -0.390 e. The van der Waals surface area contributed by atoms with Crippen molar-refractivity contribution in [2.24, 2.45) is 0 Å². The fourth-order valence-electron chi connectivity index (χ4n) is 8.96. The third-order valence-electron chi connectivity index (χ3n) is 12.4. The molecule has 5 N–H and O–H groups in total. The van der Waals surface area contributed by atoms with Crippen LogP contribution in [0.2, 0.25) is 0 Å². The molecule has 0 radical (unpaired) electrons. The van der Waals surface area contributed by atoms with Gasteiger partial charge >= 0.3 is 0 Å². The highest BCUT2D eigenvalue weighted by molar-refractivity contribution is 6.23. The molecule has 2 fully saturated rings. The summed E-state index contributed by atoms with van der Waals surface area (Å²) in [7, 11) is 0. The number of fused-ring (bicyclic) bond motifs is 2. The molecular formula is C46H61N9O6. The van der Waals surface area contributed by atoms with Gasteiger partial charge in [0.15, 0.2) is 0 Å². The molecule has 3 aromatic rings. The average Bonchev–Trinajstić information content (AvgIpc) is 3.51. The fraction of sp³-hybridized carbons (Fsp3) is 0.543. The Morgan fingerprint density at radius 1 is 0.787 bits per heavy atom. The Kier molecular flexibility index (Phi) is 15.5. The lowest BCUT2D eigenvalue weighted by molar-refractivity contribution is -0.136. The third-order valence-corrected chi connectivity index (χ3v) is 12.4. The molecule has 5 heterocycles. The molecule has 1 aromatic heterocycles. The highest BCUT2D eigenvalue weighted by Gasteiger charge is 2.44. The van der Waals surface area contributed by atoms with E-state index >= 15 is 0 Å². The normalized spacial score (nSPS) is 19.0. The molecule has 15 nitrogen and oxygen atoms in total. The minimum absolute atomic E-state index is 0.100. The van der Waals surface area contributed by atoms with Crippen LogP contribution in [0.3, 0.4) is 0 Å². The summed E-state index contributed by atoms with van der Waals surface area (Å²) in [6.07, 6.45) is 14.8. The van der Waals surface area contributed by atoms with E-state index in [1.807, 2.05) is 6.07 Å². The van der Waals surface area contributed by atoms with E-state index in [9.17, 15) is 29.1 Å². The van der Waals surface area contributed by atoms with E-state index in [1.165, 1.54) is 62.4 Å². The van der Waals surface area contributed by atoms with Gasteiger partial charge in [-0.15, -0.1) is 0 Å². The number of carbonyl (C=O) groups is 5. The molecule has 4 aliphatic heterocycles. The van der Waals surface area contributed by atoms with Gasteiger partial charge in [0.05, 0.1) is 17.2 Å². The van der Waals surface area contributed by atoms with Gasteiger partial charge in [-0.25, -0.2) is 9.97 Å². The Morgan fingerprint density at radius 2 is 1.51 bits per heavy atom. The number of carbonyl (C=O) groups excluding carboxylic acids is 5. The van der Waals surface area contributed by atoms with Gasteiger partial charge in [0.1, 0.15) is 23.9 Å². The van der Waals surface area contributed by atoms with Gasteiger partial charge in [0.25, 0.3) is 17.7 Å². The molecule has 4 aliphatic rings. The molecule has 2 saturated heterocycles. The topological polar surface area (TPSA) is 189 Å². The van der Waals surface area contributed by atoms with Gasteiger partial charge in [-0.2, -0.15) is 0 Å². The molecule has 0 aliphatic carbocycles. The number of β-amino-alcohol motifs (C(OH)–C–C–N with tert-alkyl or cyclic N) is 1. The third kappa shape index (κ3) is 12.0. The zero-order valence-electron chi connectivity index (χ0n) is 35.2. The van der Waals surface area contributed by atoms with Crippen molar-refractivity contribution in [3.05, 3.63) is 82.8 Å². The Bertz CT molecular complexity index is 2020. The predicted molar refractivity (Wildman–Crippen MR) is 232 cm³/mol. The minimum atomic E-state index is -0.958. The lowest BCUT2D eigenvalue weighted by Crippen LogP contribution is -2.54. The van der Waals surface area contributed by atoms with Crippen molar-refractivity contribution in [1.29, 1.82) is 0 Å². The van der Waals surface area contributed by atoms with Crippen LogP contribution in [0.4, 0.5) is 11.5 Å². The van der Waals surface area contributed by atoms with Crippen LogP contribution in [-0.4, -0.2) is 123 Å². The van der Waals surface area contributed by atoms with E-state index in [0.717, 1.165) is 82.0 Å². The number of anilines is 2. The van der Waals surface area contributed by atoms with Crippen LogP contribution in [0, 0.1) is 0 Å². The number of rotatable bonds is 21. The number of amides is 5. The van der Waals surface area contributed by atoms with Crippen LogP contribution in [0.15, 0.2) is 54.9 Å². The number of hydrogen-bond acceptors (Lipinski definition) is 12. The van der Waals surface area contributed by atoms with Crippen LogP contribution in [0.1, 0.15) is 126 Å². The average molecular weight is 836 g/mol. The summed E-state index contributed by atoms with van der Waals surface area (Å²) in [5.41, 5.74) is 4.32. The smallest absolute Gasteiger partial charge is 0.270 e. The number of nitrogens with zero attached hydrogens (tertiary/aromatic N) is 5. The molecule has 326 valence electrons. The molecule has 2 aromatic carbocycles. The molecular weight excluding hydrogens is 775 g/mol. The van der Waals surface area contributed by atoms with E-state index in [2.05, 4.69) is 59.2 Å². The maximum absolute atomic E-state index is 13.1. The van der Waals surface area contributed by atoms with E-state index < -0.39 is 29.9 Å². The fourth-order valence-corrected chi connectivity index (χ4v) is 8.96.